The maximum atomic E-state index is 4.70. The van der Waals surface area contributed by atoms with Gasteiger partial charge in [-0.1, -0.05) is 36.8 Å². The van der Waals surface area contributed by atoms with Gasteiger partial charge in [-0.05, 0) is 49.7 Å². The van der Waals surface area contributed by atoms with E-state index in [0.29, 0.717) is 0 Å². The predicted molar refractivity (Wildman–Crippen MR) is 90.7 cm³/mol. The fraction of sp³-hybridized carbons (Fsp3) is 0.316. The predicted octanol–water partition coefficient (Wildman–Crippen LogP) is 4.22. The van der Waals surface area contributed by atoms with E-state index < -0.39 is 0 Å². The lowest BCUT2D eigenvalue weighted by Gasteiger charge is -2.26. The van der Waals surface area contributed by atoms with Crippen molar-refractivity contribution < 1.29 is 0 Å². The molecule has 0 atom stereocenters. The molecular formula is C19H21N3. The van der Waals surface area contributed by atoms with Gasteiger partial charge in [0.1, 0.15) is 5.82 Å². The normalized spacial score (nSPS) is 16.2. The van der Waals surface area contributed by atoms with Gasteiger partial charge in [-0.2, -0.15) is 0 Å². The van der Waals surface area contributed by atoms with Crippen LogP contribution in [0.2, 0.25) is 0 Å². The first kappa shape index (κ1) is 13.5. The summed E-state index contributed by atoms with van der Waals surface area (Å²) in [5.41, 5.74) is 4.67. The molecule has 1 aromatic heterocycles. The number of nitrogens with zero attached hydrogens (tertiary/aromatic N) is 2. The van der Waals surface area contributed by atoms with Gasteiger partial charge >= 0.3 is 0 Å². The van der Waals surface area contributed by atoms with E-state index in [-0.39, 0.29) is 0 Å². The second-order valence-corrected chi connectivity index (χ2v) is 6.14. The highest BCUT2D eigenvalue weighted by Gasteiger charge is 2.11. The molecule has 2 aromatic carbocycles. The first-order valence-electron chi connectivity index (χ1n) is 8.15. The van der Waals surface area contributed by atoms with Crippen LogP contribution in [0.25, 0.3) is 22.4 Å². The van der Waals surface area contributed by atoms with Crippen molar-refractivity contribution in [2.24, 2.45) is 0 Å². The van der Waals surface area contributed by atoms with Crippen LogP contribution in [0.4, 0.5) is 0 Å². The van der Waals surface area contributed by atoms with Crippen molar-refractivity contribution >= 4 is 11.0 Å². The van der Waals surface area contributed by atoms with Crippen LogP contribution in [0.3, 0.4) is 0 Å². The summed E-state index contributed by atoms with van der Waals surface area (Å²) in [6, 6.07) is 17.0. The average molecular weight is 291 g/mol. The van der Waals surface area contributed by atoms with Crippen molar-refractivity contribution in [2.75, 3.05) is 13.1 Å². The fourth-order valence-electron chi connectivity index (χ4n) is 3.28. The average Bonchev–Trinajstić information content (AvgIpc) is 3.00. The summed E-state index contributed by atoms with van der Waals surface area (Å²) in [5, 5.41) is 0. The minimum atomic E-state index is 0.960. The molecule has 0 radical (unpaired) electrons. The third kappa shape index (κ3) is 2.77. The van der Waals surface area contributed by atoms with Gasteiger partial charge in [0.25, 0.3) is 0 Å². The molecule has 1 saturated heterocycles. The number of fused-ring (bicyclic) bond motifs is 1. The molecule has 22 heavy (non-hydrogen) atoms. The number of aromatic amines is 1. The first-order valence-corrected chi connectivity index (χ1v) is 8.15. The van der Waals surface area contributed by atoms with Gasteiger partial charge in [0, 0.05) is 12.1 Å². The van der Waals surface area contributed by atoms with Crippen LogP contribution in [0.1, 0.15) is 24.8 Å². The lowest BCUT2D eigenvalue weighted by molar-refractivity contribution is 0.221. The van der Waals surface area contributed by atoms with Crippen LogP contribution in [0, 0.1) is 0 Å². The Morgan fingerprint density at radius 1 is 0.955 bits per heavy atom. The first-order chi connectivity index (χ1) is 10.9. The molecule has 1 N–H and O–H groups in total. The van der Waals surface area contributed by atoms with E-state index in [1.54, 1.807) is 0 Å². The van der Waals surface area contributed by atoms with Crippen molar-refractivity contribution in [3.8, 4) is 11.4 Å². The Bertz CT molecular complexity index is 736. The third-order valence-corrected chi connectivity index (χ3v) is 4.44. The summed E-state index contributed by atoms with van der Waals surface area (Å²) in [6.45, 7) is 3.51. The van der Waals surface area contributed by atoms with E-state index in [4.69, 9.17) is 4.98 Å². The summed E-state index contributed by atoms with van der Waals surface area (Å²) in [5.74, 6) is 0.960. The Balaban J connectivity index is 1.60. The number of likely N-dealkylation sites (tertiary alicyclic amines) is 1. The number of benzene rings is 2. The number of nitrogens with one attached hydrogen (secondary N) is 1. The quantitative estimate of drug-likeness (QED) is 0.783. The van der Waals surface area contributed by atoms with Gasteiger partial charge in [0.05, 0.1) is 11.0 Å². The third-order valence-electron chi connectivity index (χ3n) is 4.44. The van der Waals surface area contributed by atoms with E-state index in [1.807, 2.05) is 18.2 Å². The molecule has 3 nitrogen and oxygen atoms in total. The van der Waals surface area contributed by atoms with Crippen LogP contribution in [0.5, 0.6) is 0 Å². The molecule has 0 bridgehead atoms. The zero-order chi connectivity index (χ0) is 14.8. The Morgan fingerprint density at radius 3 is 2.68 bits per heavy atom. The van der Waals surface area contributed by atoms with E-state index in [0.717, 1.165) is 23.4 Å². The molecule has 0 saturated carbocycles. The van der Waals surface area contributed by atoms with Crippen molar-refractivity contribution in [3.63, 3.8) is 0 Å². The molecule has 1 aliphatic heterocycles. The monoisotopic (exact) mass is 291 g/mol. The van der Waals surface area contributed by atoms with Gasteiger partial charge in [-0.3, -0.25) is 4.90 Å². The number of H-pyrrole nitrogens is 1. The van der Waals surface area contributed by atoms with Crippen molar-refractivity contribution in [3.05, 3.63) is 54.1 Å². The Morgan fingerprint density at radius 2 is 1.82 bits per heavy atom. The molecular weight excluding hydrogens is 270 g/mol. The summed E-state index contributed by atoms with van der Waals surface area (Å²) in [4.78, 5) is 10.7. The standard InChI is InChI=1S/C19H21N3/c1-4-11-22(12-5-1)14-15-7-6-8-16(13-15)19-20-17-9-2-3-10-18(17)21-19/h2-3,6-10,13H,1,4-5,11-12,14H2,(H,20,21). The highest BCUT2D eigenvalue weighted by Crippen LogP contribution is 2.22. The number of rotatable bonds is 3. The lowest BCUT2D eigenvalue weighted by atomic mass is 10.1. The minimum Gasteiger partial charge on any atom is -0.338 e. The van der Waals surface area contributed by atoms with Gasteiger partial charge in [-0.25, -0.2) is 4.98 Å². The van der Waals surface area contributed by atoms with Gasteiger partial charge in [0.15, 0.2) is 0 Å². The van der Waals surface area contributed by atoms with Crippen LogP contribution in [-0.4, -0.2) is 28.0 Å². The van der Waals surface area contributed by atoms with Crippen molar-refractivity contribution in [1.82, 2.24) is 14.9 Å². The highest BCUT2D eigenvalue weighted by molar-refractivity contribution is 5.79. The number of imidazole rings is 1. The lowest BCUT2D eigenvalue weighted by Crippen LogP contribution is -2.29. The fourth-order valence-corrected chi connectivity index (χ4v) is 3.28. The second-order valence-electron chi connectivity index (χ2n) is 6.14. The largest absolute Gasteiger partial charge is 0.338 e. The topological polar surface area (TPSA) is 31.9 Å². The Kier molecular flexibility index (Phi) is 3.65. The second kappa shape index (κ2) is 5.93. The van der Waals surface area contributed by atoms with E-state index >= 15 is 0 Å². The molecule has 0 amide bonds. The van der Waals surface area contributed by atoms with Crippen LogP contribution in [0.15, 0.2) is 48.5 Å². The number of aromatic nitrogens is 2. The molecule has 1 fully saturated rings. The van der Waals surface area contributed by atoms with Gasteiger partial charge in [-0.15, -0.1) is 0 Å². The maximum Gasteiger partial charge on any atom is 0.138 e. The number of para-hydroxylation sites is 2. The summed E-state index contributed by atoms with van der Waals surface area (Å²) >= 11 is 0. The Hall–Kier alpha value is -2.13. The molecule has 1 aliphatic rings. The highest BCUT2D eigenvalue weighted by atomic mass is 15.1. The molecule has 0 spiro atoms. The van der Waals surface area contributed by atoms with E-state index in [1.165, 1.54) is 43.5 Å². The molecule has 3 aromatic rings. The molecule has 4 rings (SSSR count). The Labute approximate surface area is 131 Å². The minimum absolute atomic E-state index is 0.960. The molecule has 0 aliphatic carbocycles. The summed E-state index contributed by atoms with van der Waals surface area (Å²) in [6.07, 6.45) is 4.06. The molecule has 3 heteroatoms. The number of hydrogen-bond donors (Lipinski definition) is 1. The van der Waals surface area contributed by atoms with Crippen LogP contribution in [-0.2, 0) is 6.54 Å². The zero-order valence-electron chi connectivity index (χ0n) is 12.8. The van der Waals surface area contributed by atoms with Crippen LogP contribution < -0.4 is 0 Å². The SMILES string of the molecule is c1cc(CN2CCCCC2)cc(-c2nc3ccccc3[nH]2)c1. The number of piperidine rings is 1. The smallest absolute Gasteiger partial charge is 0.138 e. The van der Waals surface area contributed by atoms with Crippen molar-refractivity contribution in [2.45, 2.75) is 25.8 Å². The molecule has 112 valence electrons. The summed E-state index contributed by atoms with van der Waals surface area (Å²) in [7, 11) is 0. The van der Waals surface area contributed by atoms with Crippen LogP contribution >= 0.6 is 0 Å². The van der Waals surface area contributed by atoms with E-state index in [9.17, 15) is 0 Å². The van der Waals surface area contributed by atoms with E-state index in [2.05, 4.69) is 40.2 Å². The summed E-state index contributed by atoms with van der Waals surface area (Å²) < 4.78 is 0. The maximum absolute atomic E-state index is 4.70. The number of hydrogen-bond acceptors (Lipinski definition) is 2. The van der Waals surface area contributed by atoms with Gasteiger partial charge in [0.2, 0.25) is 0 Å². The van der Waals surface area contributed by atoms with Gasteiger partial charge < -0.3 is 4.98 Å². The van der Waals surface area contributed by atoms with Crippen molar-refractivity contribution in [1.29, 1.82) is 0 Å². The molecule has 2 heterocycles. The zero-order valence-corrected chi connectivity index (χ0v) is 12.8. The molecule has 0 unspecified atom stereocenters.